The molecule has 174 valence electrons. The highest BCUT2D eigenvalue weighted by Gasteiger charge is 2.34. The van der Waals surface area contributed by atoms with Gasteiger partial charge in [0.25, 0.3) is 11.6 Å². The third-order valence-electron chi connectivity index (χ3n) is 4.85. The van der Waals surface area contributed by atoms with Crippen LogP contribution in [0.15, 0.2) is 63.3 Å². The van der Waals surface area contributed by atoms with Gasteiger partial charge in [0.15, 0.2) is 23.2 Å². The summed E-state index contributed by atoms with van der Waals surface area (Å²) in [6, 6.07) is 9.50. The van der Waals surface area contributed by atoms with E-state index in [9.17, 15) is 14.9 Å². The van der Waals surface area contributed by atoms with Crippen LogP contribution in [0.25, 0.3) is 6.08 Å². The number of nitro groups is 1. The Kier molecular flexibility index (Phi) is 6.46. The first-order valence-electron chi connectivity index (χ1n) is 10.2. The molecule has 2 aromatic rings. The topological polar surface area (TPSA) is 127 Å². The summed E-state index contributed by atoms with van der Waals surface area (Å²) in [5.41, 5.74) is 1.41. The van der Waals surface area contributed by atoms with E-state index in [-0.39, 0.29) is 29.5 Å². The van der Waals surface area contributed by atoms with Gasteiger partial charge in [-0.15, -0.1) is 5.06 Å². The number of hydroxylamine groups is 2. The number of amides is 1. The van der Waals surface area contributed by atoms with Crippen molar-refractivity contribution in [1.82, 2.24) is 5.06 Å². The Hall–Kier alpha value is -3.99. The number of aliphatic imine (C=N–C) groups is 1. The van der Waals surface area contributed by atoms with Gasteiger partial charge in [0.05, 0.1) is 21.6 Å². The molecule has 1 N–H and O–H groups in total. The molecule has 11 heteroatoms. The number of non-ortho nitro benzene ring substituents is 1. The fraction of sp³-hybridized carbons (Fsp3) is 0.174. The lowest BCUT2D eigenvalue weighted by molar-refractivity contribution is -0.384. The molecule has 0 atom stereocenters. The van der Waals surface area contributed by atoms with E-state index in [4.69, 9.17) is 19.7 Å². The Bertz CT molecular complexity index is 1280. The van der Waals surface area contributed by atoms with Gasteiger partial charge in [-0.25, -0.2) is 0 Å². The number of hydrogen-bond donors (Lipinski definition) is 1. The fourth-order valence-electron chi connectivity index (χ4n) is 3.31. The van der Waals surface area contributed by atoms with Crippen LogP contribution in [-0.4, -0.2) is 34.2 Å². The van der Waals surface area contributed by atoms with Crippen LogP contribution < -0.4 is 9.47 Å². The monoisotopic (exact) mass is 526 g/mol. The summed E-state index contributed by atoms with van der Waals surface area (Å²) in [4.78, 5) is 32.3. The standard InChI is InChI=1S/C23H19BrN4O6/c1-3-32-19-11-15(9-17-22(25)27-20(26-23(17)29)8-13(2)34-27)10-18(24)21(19)33-12-14-4-6-16(7-5-14)28(30)31/h4-11,25H,3,12H2,1-2H3/b17-9+,25-22?. The van der Waals surface area contributed by atoms with Crippen LogP contribution in [0.3, 0.4) is 0 Å². The lowest BCUT2D eigenvalue weighted by atomic mass is 10.1. The minimum atomic E-state index is -0.543. The number of halogens is 1. The maximum absolute atomic E-state index is 12.5. The Morgan fingerprint density at radius 3 is 2.68 bits per heavy atom. The number of nitrogens with zero attached hydrogens (tertiary/aromatic N) is 3. The highest BCUT2D eigenvalue weighted by atomic mass is 79.9. The van der Waals surface area contributed by atoms with E-state index in [2.05, 4.69) is 20.9 Å². The number of nitro benzene ring substituents is 1. The molecule has 0 bridgehead atoms. The van der Waals surface area contributed by atoms with Crippen LogP contribution in [0.1, 0.15) is 25.0 Å². The minimum Gasteiger partial charge on any atom is -0.490 e. The molecule has 0 aliphatic carbocycles. The van der Waals surface area contributed by atoms with Crippen molar-refractivity contribution in [3.8, 4) is 11.5 Å². The molecule has 2 aliphatic heterocycles. The summed E-state index contributed by atoms with van der Waals surface area (Å²) >= 11 is 3.49. The lowest BCUT2D eigenvalue weighted by Gasteiger charge is -2.23. The molecule has 0 unspecified atom stereocenters. The minimum absolute atomic E-state index is 0.00174. The quantitative estimate of drug-likeness (QED) is 0.312. The predicted molar refractivity (Wildman–Crippen MR) is 128 cm³/mol. The first-order valence-corrected chi connectivity index (χ1v) is 11.0. The molecule has 0 saturated heterocycles. The molecule has 0 saturated carbocycles. The Labute approximate surface area is 202 Å². The van der Waals surface area contributed by atoms with Gasteiger partial charge in [-0.05, 0) is 71.2 Å². The van der Waals surface area contributed by atoms with Gasteiger partial charge >= 0.3 is 0 Å². The number of carbonyl (C=O) groups is 1. The van der Waals surface area contributed by atoms with Gasteiger partial charge in [-0.3, -0.25) is 20.3 Å². The molecule has 0 aromatic heterocycles. The molecular formula is C23H19BrN4O6. The Morgan fingerprint density at radius 2 is 2.00 bits per heavy atom. The average molecular weight is 527 g/mol. The Balaban J connectivity index is 1.59. The summed E-state index contributed by atoms with van der Waals surface area (Å²) in [6.45, 7) is 4.07. The van der Waals surface area contributed by atoms with Crippen LogP contribution in [0.4, 0.5) is 5.69 Å². The van der Waals surface area contributed by atoms with E-state index in [1.807, 2.05) is 6.92 Å². The molecule has 2 heterocycles. The molecule has 0 fully saturated rings. The van der Waals surface area contributed by atoms with Gasteiger partial charge < -0.3 is 14.3 Å². The highest BCUT2D eigenvalue weighted by molar-refractivity contribution is 9.10. The summed E-state index contributed by atoms with van der Waals surface area (Å²) in [5, 5.41) is 20.4. The smallest absolute Gasteiger partial charge is 0.282 e. The average Bonchev–Trinajstić information content (AvgIpc) is 3.16. The first-order chi connectivity index (χ1) is 16.3. The van der Waals surface area contributed by atoms with Crippen molar-refractivity contribution in [2.45, 2.75) is 20.5 Å². The summed E-state index contributed by atoms with van der Waals surface area (Å²) in [6.07, 6.45) is 3.12. The molecule has 34 heavy (non-hydrogen) atoms. The van der Waals surface area contributed by atoms with Crippen molar-refractivity contribution < 1.29 is 24.0 Å². The number of amidine groups is 2. The molecule has 0 radical (unpaired) electrons. The number of benzene rings is 2. The number of allylic oxidation sites excluding steroid dienone is 1. The number of nitrogens with one attached hydrogen (secondary N) is 1. The molecule has 1 amide bonds. The zero-order valence-electron chi connectivity index (χ0n) is 18.2. The number of hydrogen-bond acceptors (Lipinski definition) is 7. The van der Waals surface area contributed by atoms with Crippen molar-refractivity contribution in [2.75, 3.05) is 6.61 Å². The van der Waals surface area contributed by atoms with E-state index in [1.54, 1.807) is 37.3 Å². The maximum Gasteiger partial charge on any atom is 0.282 e. The highest BCUT2D eigenvalue weighted by Crippen LogP contribution is 2.38. The first kappa shape index (κ1) is 23.2. The lowest BCUT2D eigenvalue weighted by Crippen LogP contribution is -2.38. The fourth-order valence-corrected chi connectivity index (χ4v) is 3.88. The van der Waals surface area contributed by atoms with Gasteiger partial charge in [0, 0.05) is 18.2 Å². The second kappa shape index (κ2) is 9.48. The van der Waals surface area contributed by atoms with Crippen molar-refractivity contribution in [3.63, 3.8) is 0 Å². The number of ether oxygens (including phenoxy) is 2. The molecule has 2 aliphatic rings. The van der Waals surface area contributed by atoms with Gasteiger partial charge in [0.2, 0.25) is 0 Å². The van der Waals surface area contributed by atoms with Crippen LogP contribution in [0.5, 0.6) is 11.5 Å². The van der Waals surface area contributed by atoms with E-state index in [1.165, 1.54) is 23.3 Å². The van der Waals surface area contributed by atoms with E-state index >= 15 is 0 Å². The summed E-state index contributed by atoms with van der Waals surface area (Å²) < 4.78 is 12.2. The second-order valence-corrected chi connectivity index (χ2v) is 8.15. The van der Waals surface area contributed by atoms with Crippen molar-refractivity contribution in [3.05, 3.63) is 79.5 Å². The summed E-state index contributed by atoms with van der Waals surface area (Å²) in [5.74, 6) is 1.02. The number of carbonyl (C=O) groups excluding carboxylic acids is 1. The van der Waals surface area contributed by atoms with Crippen molar-refractivity contribution in [1.29, 1.82) is 5.41 Å². The summed E-state index contributed by atoms with van der Waals surface area (Å²) in [7, 11) is 0. The predicted octanol–water partition coefficient (Wildman–Crippen LogP) is 4.79. The van der Waals surface area contributed by atoms with Crippen molar-refractivity contribution in [2.24, 2.45) is 4.99 Å². The van der Waals surface area contributed by atoms with Crippen LogP contribution >= 0.6 is 15.9 Å². The number of rotatable bonds is 7. The van der Waals surface area contributed by atoms with Gasteiger partial charge in [-0.1, -0.05) is 0 Å². The second-order valence-electron chi connectivity index (χ2n) is 7.30. The van der Waals surface area contributed by atoms with Crippen molar-refractivity contribution >= 4 is 45.3 Å². The molecule has 0 spiro atoms. The third-order valence-corrected chi connectivity index (χ3v) is 5.44. The third kappa shape index (κ3) is 4.69. The molecular weight excluding hydrogens is 508 g/mol. The normalized spacial score (nSPS) is 16.1. The van der Waals surface area contributed by atoms with E-state index < -0.39 is 10.8 Å². The zero-order chi connectivity index (χ0) is 24.4. The Morgan fingerprint density at radius 1 is 1.26 bits per heavy atom. The molecule has 2 aromatic carbocycles. The van der Waals surface area contributed by atoms with Crippen LogP contribution in [0, 0.1) is 15.5 Å². The molecule has 4 rings (SSSR count). The maximum atomic E-state index is 12.5. The van der Waals surface area contributed by atoms with E-state index in [0.717, 1.165) is 5.56 Å². The van der Waals surface area contributed by atoms with Crippen LogP contribution in [0.2, 0.25) is 0 Å². The van der Waals surface area contributed by atoms with Gasteiger partial charge in [0.1, 0.15) is 12.4 Å². The number of fused-ring (bicyclic) bond motifs is 1. The molecule has 10 nitrogen and oxygen atoms in total. The zero-order valence-corrected chi connectivity index (χ0v) is 19.8. The van der Waals surface area contributed by atoms with E-state index in [0.29, 0.717) is 33.9 Å². The SMILES string of the molecule is CCOc1cc(/C=C2\C(=N)N3OC(C)=CC3=NC2=O)cc(Br)c1OCc1ccc([N+](=O)[O-])cc1. The largest absolute Gasteiger partial charge is 0.490 e. The van der Waals surface area contributed by atoms with Crippen LogP contribution in [-0.2, 0) is 16.2 Å². The van der Waals surface area contributed by atoms with Gasteiger partial charge in [-0.2, -0.15) is 4.99 Å².